The fourth-order valence-corrected chi connectivity index (χ4v) is 2.54. The van der Waals surface area contributed by atoms with Crippen LogP contribution in [0.5, 0.6) is 0 Å². The standard InChI is InChI=1S/C16H13F2N3O/c1-2-3-15(22)21-7-6-14-11(9-21)16(20-19-14)10-4-5-12(17)13(18)8-10/h4-5,8H,6-7,9H2,1H3,(H,19,20). The lowest BCUT2D eigenvalue weighted by Crippen LogP contribution is -2.35. The number of aromatic nitrogens is 2. The maximum atomic E-state index is 13.4. The summed E-state index contributed by atoms with van der Waals surface area (Å²) in [6.07, 6.45) is 0.628. The minimum absolute atomic E-state index is 0.245. The Hall–Kier alpha value is -2.68. The molecule has 22 heavy (non-hydrogen) atoms. The number of H-pyrrole nitrogens is 1. The van der Waals surface area contributed by atoms with Crippen LogP contribution in [0.4, 0.5) is 8.78 Å². The van der Waals surface area contributed by atoms with Crippen molar-refractivity contribution in [2.24, 2.45) is 0 Å². The number of hydrogen-bond donors (Lipinski definition) is 1. The molecule has 3 rings (SSSR count). The molecule has 4 nitrogen and oxygen atoms in total. The summed E-state index contributed by atoms with van der Waals surface area (Å²) in [5.41, 5.74) is 2.75. The predicted molar refractivity (Wildman–Crippen MR) is 76.5 cm³/mol. The van der Waals surface area contributed by atoms with E-state index in [0.29, 0.717) is 30.8 Å². The van der Waals surface area contributed by atoms with Crippen LogP contribution < -0.4 is 0 Å². The van der Waals surface area contributed by atoms with Crippen LogP contribution in [0.15, 0.2) is 18.2 Å². The molecule has 0 saturated carbocycles. The van der Waals surface area contributed by atoms with E-state index >= 15 is 0 Å². The van der Waals surface area contributed by atoms with E-state index in [9.17, 15) is 13.6 Å². The van der Waals surface area contributed by atoms with Gasteiger partial charge in [-0.3, -0.25) is 9.89 Å². The first-order valence-corrected chi connectivity index (χ1v) is 6.83. The van der Waals surface area contributed by atoms with Gasteiger partial charge < -0.3 is 4.90 Å². The van der Waals surface area contributed by atoms with Crippen LogP contribution in [0, 0.1) is 23.5 Å². The Labute approximate surface area is 126 Å². The summed E-state index contributed by atoms with van der Waals surface area (Å²) in [6.45, 7) is 2.52. The van der Waals surface area contributed by atoms with E-state index in [2.05, 4.69) is 22.0 Å². The van der Waals surface area contributed by atoms with E-state index < -0.39 is 11.6 Å². The molecular weight excluding hydrogens is 288 g/mol. The number of amides is 1. The molecular formula is C16H13F2N3O. The van der Waals surface area contributed by atoms with Crippen LogP contribution in [0.2, 0.25) is 0 Å². The van der Waals surface area contributed by atoms with Gasteiger partial charge in [0, 0.05) is 29.8 Å². The van der Waals surface area contributed by atoms with Crippen molar-refractivity contribution >= 4 is 5.91 Å². The lowest BCUT2D eigenvalue weighted by Gasteiger charge is -2.25. The number of benzene rings is 1. The van der Waals surface area contributed by atoms with Gasteiger partial charge in [-0.05, 0) is 31.0 Å². The second-order valence-corrected chi connectivity index (χ2v) is 5.01. The fourth-order valence-electron chi connectivity index (χ4n) is 2.54. The highest BCUT2D eigenvalue weighted by atomic mass is 19.2. The molecule has 1 aromatic carbocycles. The summed E-state index contributed by atoms with van der Waals surface area (Å²) in [4.78, 5) is 13.5. The summed E-state index contributed by atoms with van der Waals surface area (Å²) in [5, 5.41) is 7.10. The lowest BCUT2D eigenvalue weighted by molar-refractivity contribution is -0.125. The van der Waals surface area contributed by atoms with Crippen molar-refractivity contribution in [2.75, 3.05) is 6.54 Å². The predicted octanol–water partition coefficient (Wildman–Crippen LogP) is 2.26. The van der Waals surface area contributed by atoms with Gasteiger partial charge in [0.25, 0.3) is 5.91 Å². The zero-order chi connectivity index (χ0) is 15.7. The van der Waals surface area contributed by atoms with E-state index in [1.165, 1.54) is 6.07 Å². The van der Waals surface area contributed by atoms with E-state index in [4.69, 9.17) is 0 Å². The average molecular weight is 301 g/mol. The summed E-state index contributed by atoms with van der Waals surface area (Å²) < 4.78 is 26.5. The molecule has 0 bridgehead atoms. The van der Waals surface area contributed by atoms with Gasteiger partial charge in [0.2, 0.25) is 0 Å². The number of nitrogens with one attached hydrogen (secondary N) is 1. The minimum Gasteiger partial charge on any atom is -0.327 e. The smallest absolute Gasteiger partial charge is 0.298 e. The van der Waals surface area contributed by atoms with Crippen LogP contribution in [-0.4, -0.2) is 27.5 Å². The van der Waals surface area contributed by atoms with Gasteiger partial charge in [-0.25, -0.2) is 8.78 Å². The monoisotopic (exact) mass is 301 g/mol. The molecule has 2 aromatic rings. The van der Waals surface area contributed by atoms with Gasteiger partial charge in [0.1, 0.15) is 0 Å². The first kappa shape index (κ1) is 14.3. The van der Waals surface area contributed by atoms with E-state index in [-0.39, 0.29) is 5.91 Å². The third-order valence-corrected chi connectivity index (χ3v) is 3.65. The summed E-state index contributed by atoms with van der Waals surface area (Å²) in [7, 11) is 0. The van der Waals surface area contributed by atoms with Gasteiger partial charge in [0.05, 0.1) is 12.2 Å². The topological polar surface area (TPSA) is 49.0 Å². The fraction of sp³-hybridized carbons (Fsp3) is 0.250. The van der Waals surface area contributed by atoms with Gasteiger partial charge in [-0.15, -0.1) is 0 Å². The Morgan fingerprint density at radius 3 is 2.91 bits per heavy atom. The number of halogens is 2. The van der Waals surface area contributed by atoms with Crippen LogP contribution in [0.25, 0.3) is 11.3 Å². The molecule has 1 aliphatic heterocycles. The normalized spacial score (nSPS) is 13.3. The third-order valence-electron chi connectivity index (χ3n) is 3.65. The molecule has 0 aliphatic carbocycles. The highest BCUT2D eigenvalue weighted by Gasteiger charge is 2.25. The molecule has 6 heteroatoms. The van der Waals surface area contributed by atoms with Crippen molar-refractivity contribution in [3.05, 3.63) is 41.1 Å². The molecule has 1 amide bonds. The number of fused-ring (bicyclic) bond motifs is 1. The first-order chi connectivity index (χ1) is 10.6. The molecule has 1 aromatic heterocycles. The number of hydrogen-bond acceptors (Lipinski definition) is 2. The minimum atomic E-state index is -0.921. The number of nitrogens with zero attached hydrogens (tertiary/aromatic N) is 2. The molecule has 1 N–H and O–H groups in total. The maximum absolute atomic E-state index is 13.4. The molecule has 0 spiro atoms. The van der Waals surface area contributed by atoms with Gasteiger partial charge in [-0.2, -0.15) is 5.10 Å². The molecule has 2 heterocycles. The highest BCUT2D eigenvalue weighted by molar-refractivity contribution is 5.93. The first-order valence-electron chi connectivity index (χ1n) is 6.83. The van der Waals surface area contributed by atoms with Crippen LogP contribution in [0.1, 0.15) is 18.2 Å². The van der Waals surface area contributed by atoms with E-state index in [1.807, 2.05) is 0 Å². The van der Waals surface area contributed by atoms with Crippen LogP contribution in [0.3, 0.4) is 0 Å². The van der Waals surface area contributed by atoms with Crippen molar-refractivity contribution in [1.82, 2.24) is 15.1 Å². The molecule has 0 radical (unpaired) electrons. The Bertz CT molecular complexity index is 801. The average Bonchev–Trinajstić information content (AvgIpc) is 2.93. The second kappa shape index (κ2) is 5.60. The largest absolute Gasteiger partial charge is 0.327 e. The van der Waals surface area contributed by atoms with Crippen LogP contribution in [-0.2, 0) is 17.8 Å². The molecule has 0 fully saturated rings. The highest BCUT2D eigenvalue weighted by Crippen LogP contribution is 2.29. The van der Waals surface area contributed by atoms with Crippen molar-refractivity contribution in [3.63, 3.8) is 0 Å². The van der Waals surface area contributed by atoms with Crippen molar-refractivity contribution in [2.45, 2.75) is 19.9 Å². The molecule has 1 aliphatic rings. The Balaban J connectivity index is 1.96. The molecule has 0 unspecified atom stereocenters. The molecule has 0 atom stereocenters. The number of carbonyl (C=O) groups is 1. The zero-order valence-corrected chi connectivity index (χ0v) is 11.9. The zero-order valence-electron chi connectivity index (χ0n) is 11.9. The maximum Gasteiger partial charge on any atom is 0.298 e. The van der Waals surface area contributed by atoms with Crippen molar-refractivity contribution in [1.29, 1.82) is 0 Å². The Kier molecular flexibility index (Phi) is 3.63. The SMILES string of the molecule is CC#CC(=O)N1CCc2[nH]nc(-c3ccc(F)c(F)c3)c2C1. The molecule has 0 saturated heterocycles. The third kappa shape index (κ3) is 2.46. The number of rotatable bonds is 1. The van der Waals surface area contributed by atoms with Crippen molar-refractivity contribution < 1.29 is 13.6 Å². The van der Waals surface area contributed by atoms with Gasteiger partial charge >= 0.3 is 0 Å². The Morgan fingerprint density at radius 1 is 1.36 bits per heavy atom. The van der Waals surface area contributed by atoms with Gasteiger partial charge in [-0.1, -0.05) is 5.92 Å². The Morgan fingerprint density at radius 2 is 2.18 bits per heavy atom. The number of aromatic amines is 1. The van der Waals surface area contributed by atoms with Crippen LogP contribution >= 0.6 is 0 Å². The second-order valence-electron chi connectivity index (χ2n) is 5.01. The molecule has 112 valence electrons. The van der Waals surface area contributed by atoms with E-state index in [0.717, 1.165) is 23.4 Å². The summed E-state index contributed by atoms with van der Waals surface area (Å²) >= 11 is 0. The summed E-state index contributed by atoms with van der Waals surface area (Å²) in [5.74, 6) is 3.03. The number of carbonyl (C=O) groups excluding carboxylic acids is 1. The lowest BCUT2D eigenvalue weighted by atomic mass is 10.0. The van der Waals surface area contributed by atoms with Gasteiger partial charge in [0.15, 0.2) is 11.6 Å². The van der Waals surface area contributed by atoms with Crippen molar-refractivity contribution in [3.8, 4) is 23.1 Å². The summed E-state index contributed by atoms with van der Waals surface area (Å²) in [6, 6.07) is 3.65. The quantitative estimate of drug-likeness (QED) is 0.821. The van der Waals surface area contributed by atoms with E-state index in [1.54, 1.807) is 11.8 Å².